The van der Waals surface area contributed by atoms with Gasteiger partial charge >= 0.3 is 5.97 Å². The lowest BCUT2D eigenvalue weighted by Gasteiger charge is -2.06. The summed E-state index contributed by atoms with van der Waals surface area (Å²) in [5.41, 5.74) is 3.35. The van der Waals surface area contributed by atoms with Crippen LogP contribution in [0.4, 0.5) is 0 Å². The number of ether oxygens (including phenoxy) is 1. The van der Waals surface area contributed by atoms with Gasteiger partial charge in [-0.3, -0.25) is 4.79 Å². The number of aromatic amines is 1. The normalized spacial score (nSPS) is 10.9. The minimum Gasteiger partial charge on any atom is -0.465 e. The first kappa shape index (κ1) is 17.8. The topological polar surface area (TPSA) is 84.3 Å². The lowest BCUT2D eigenvalue weighted by Crippen LogP contribution is -2.30. The Bertz CT molecular complexity index is 952. The SMILES string of the molecule is Cc1oc(C)c(C(=O)OCC(=O)NCCc2c[nH]c3ccccc23)c1C. The molecule has 6 heteroatoms. The molecule has 26 heavy (non-hydrogen) atoms. The van der Waals surface area contributed by atoms with E-state index in [2.05, 4.69) is 10.3 Å². The maximum absolute atomic E-state index is 12.1. The Labute approximate surface area is 151 Å². The highest BCUT2D eigenvalue weighted by atomic mass is 16.5. The Hall–Kier alpha value is -3.02. The molecule has 3 aromatic rings. The minimum absolute atomic E-state index is 0.310. The van der Waals surface area contributed by atoms with Gasteiger partial charge in [0.15, 0.2) is 6.61 Å². The molecule has 136 valence electrons. The third kappa shape index (κ3) is 3.64. The second-order valence-electron chi connectivity index (χ2n) is 6.25. The number of benzene rings is 1. The van der Waals surface area contributed by atoms with E-state index in [1.807, 2.05) is 30.5 Å². The molecule has 2 aromatic heterocycles. The van der Waals surface area contributed by atoms with Crippen molar-refractivity contribution >= 4 is 22.8 Å². The summed E-state index contributed by atoms with van der Waals surface area (Å²) in [5, 5.41) is 3.92. The number of nitrogens with one attached hydrogen (secondary N) is 2. The van der Waals surface area contributed by atoms with E-state index in [4.69, 9.17) is 9.15 Å². The minimum atomic E-state index is -0.538. The van der Waals surface area contributed by atoms with Crippen molar-refractivity contribution in [3.05, 3.63) is 58.7 Å². The molecule has 0 saturated heterocycles. The molecule has 0 radical (unpaired) electrons. The smallest absolute Gasteiger partial charge is 0.342 e. The van der Waals surface area contributed by atoms with Crippen LogP contribution in [0, 0.1) is 20.8 Å². The molecule has 0 fully saturated rings. The first-order valence-electron chi connectivity index (χ1n) is 8.52. The highest BCUT2D eigenvalue weighted by Crippen LogP contribution is 2.21. The van der Waals surface area contributed by atoms with Crippen LogP contribution < -0.4 is 5.32 Å². The third-order valence-corrected chi connectivity index (χ3v) is 4.49. The molecule has 1 amide bonds. The van der Waals surface area contributed by atoms with Crippen molar-refractivity contribution in [2.45, 2.75) is 27.2 Å². The van der Waals surface area contributed by atoms with Crippen LogP contribution in [-0.4, -0.2) is 30.0 Å². The maximum Gasteiger partial charge on any atom is 0.342 e. The van der Waals surface area contributed by atoms with Crippen molar-refractivity contribution in [1.29, 1.82) is 0 Å². The summed E-state index contributed by atoms with van der Waals surface area (Å²) in [5.74, 6) is 0.319. The summed E-state index contributed by atoms with van der Waals surface area (Å²) in [6, 6.07) is 8.02. The number of rotatable bonds is 6. The number of furan rings is 1. The molecule has 0 bridgehead atoms. The van der Waals surface area contributed by atoms with Crippen molar-refractivity contribution in [1.82, 2.24) is 10.3 Å². The summed E-state index contributed by atoms with van der Waals surface area (Å²) in [4.78, 5) is 27.3. The Morgan fingerprint density at radius 2 is 1.92 bits per heavy atom. The van der Waals surface area contributed by atoms with Crippen LogP contribution >= 0.6 is 0 Å². The molecule has 0 unspecified atom stereocenters. The number of para-hydroxylation sites is 1. The zero-order valence-corrected chi connectivity index (χ0v) is 15.1. The van der Waals surface area contributed by atoms with E-state index in [1.165, 1.54) is 0 Å². The van der Waals surface area contributed by atoms with Gasteiger partial charge in [-0.15, -0.1) is 0 Å². The van der Waals surface area contributed by atoms with Crippen molar-refractivity contribution in [3.63, 3.8) is 0 Å². The van der Waals surface area contributed by atoms with Crippen LogP contribution in [0.15, 0.2) is 34.9 Å². The fourth-order valence-corrected chi connectivity index (χ4v) is 3.02. The molecular formula is C20H22N2O4. The third-order valence-electron chi connectivity index (χ3n) is 4.49. The van der Waals surface area contributed by atoms with E-state index in [9.17, 15) is 9.59 Å². The monoisotopic (exact) mass is 354 g/mol. The predicted molar refractivity (Wildman–Crippen MR) is 98.2 cm³/mol. The number of aromatic nitrogens is 1. The van der Waals surface area contributed by atoms with Gasteiger partial charge in [0.2, 0.25) is 0 Å². The van der Waals surface area contributed by atoms with Gasteiger partial charge in [0.1, 0.15) is 17.1 Å². The molecule has 0 aliphatic heterocycles. The summed E-state index contributed by atoms with van der Waals surface area (Å²) in [7, 11) is 0. The van der Waals surface area contributed by atoms with Crippen molar-refractivity contribution < 1.29 is 18.7 Å². The largest absolute Gasteiger partial charge is 0.465 e. The number of esters is 1. The summed E-state index contributed by atoms with van der Waals surface area (Å²) >= 11 is 0. The van der Waals surface area contributed by atoms with Crippen LogP contribution in [0.25, 0.3) is 10.9 Å². The van der Waals surface area contributed by atoms with E-state index >= 15 is 0 Å². The molecule has 0 atom stereocenters. The van der Waals surface area contributed by atoms with Gasteiger partial charge in [-0.25, -0.2) is 4.79 Å². The number of aryl methyl sites for hydroxylation is 2. The van der Waals surface area contributed by atoms with Crippen molar-refractivity contribution in [2.75, 3.05) is 13.2 Å². The molecule has 0 saturated carbocycles. The maximum atomic E-state index is 12.1. The highest BCUT2D eigenvalue weighted by Gasteiger charge is 2.20. The van der Waals surface area contributed by atoms with Crippen LogP contribution in [0.5, 0.6) is 0 Å². The van der Waals surface area contributed by atoms with Crippen LogP contribution in [0.1, 0.15) is 33.0 Å². The average Bonchev–Trinajstić information content (AvgIpc) is 3.14. The molecule has 1 aromatic carbocycles. The Kier molecular flexibility index (Phi) is 5.11. The number of carbonyl (C=O) groups excluding carboxylic acids is 2. The molecule has 2 N–H and O–H groups in total. The number of hydrogen-bond acceptors (Lipinski definition) is 4. The Balaban J connectivity index is 1.48. The predicted octanol–water partition coefficient (Wildman–Crippen LogP) is 3.20. The number of carbonyl (C=O) groups is 2. The van der Waals surface area contributed by atoms with Gasteiger partial charge < -0.3 is 19.5 Å². The van der Waals surface area contributed by atoms with Crippen LogP contribution in [0.3, 0.4) is 0 Å². The number of H-pyrrole nitrogens is 1. The molecular weight excluding hydrogens is 332 g/mol. The molecule has 0 spiro atoms. The second kappa shape index (κ2) is 7.47. The van der Waals surface area contributed by atoms with E-state index in [0.717, 1.165) is 22.0 Å². The van der Waals surface area contributed by atoms with Gasteiger partial charge in [0.05, 0.1) is 0 Å². The summed E-state index contributed by atoms with van der Waals surface area (Å²) in [6.45, 7) is 5.45. The molecule has 2 heterocycles. The van der Waals surface area contributed by atoms with E-state index in [-0.39, 0.29) is 12.5 Å². The first-order chi connectivity index (χ1) is 12.5. The van der Waals surface area contributed by atoms with Gasteiger partial charge in [-0.2, -0.15) is 0 Å². The lowest BCUT2D eigenvalue weighted by molar-refractivity contribution is -0.124. The van der Waals surface area contributed by atoms with Crippen LogP contribution in [-0.2, 0) is 16.0 Å². The van der Waals surface area contributed by atoms with Gasteiger partial charge in [-0.1, -0.05) is 18.2 Å². The first-order valence-corrected chi connectivity index (χ1v) is 8.52. The molecule has 3 rings (SSSR count). The Morgan fingerprint density at radius 1 is 1.15 bits per heavy atom. The van der Waals surface area contributed by atoms with E-state index in [0.29, 0.717) is 30.0 Å². The zero-order valence-electron chi connectivity index (χ0n) is 15.1. The fourth-order valence-electron chi connectivity index (χ4n) is 3.02. The summed E-state index contributed by atoms with van der Waals surface area (Å²) < 4.78 is 10.5. The lowest BCUT2D eigenvalue weighted by atomic mass is 10.1. The second-order valence-corrected chi connectivity index (χ2v) is 6.25. The van der Waals surface area contributed by atoms with Crippen molar-refractivity contribution in [2.24, 2.45) is 0 Å². The molecule has 6 nitrogen and oxygen atoms in total. The van der Waals surface area contributed by atoms with Crippen LogP contribution in [0.2, 0.25) is 0 Å². The number of fused-ring (bicyclic) bond motifs is 1. The van der Waals surface area contributed by atoms with Crippen molar-refractivity contribution in [3.8, 4) is 0 Å². The zero-order chi connectivity index (χ0) is 18.7. The molecule has 0 aliphatic rings. The van der Waals surface area contributed by atoms with Gasteiger partial charge in [0, 0.05) is 29.2 Å². The van der Waals surface area contributed by atoms with Gasteiger partial charge in [-0.05, 0) is 38.8 Å². The summed E-state index contributed by atoms with van der Waals surface area (Å²) in [6.07, 6.45) is 2.65. The van der Waals surface area contributed by atoms with E-state index in [1.54, 1.807) is 20.8 Å². The Morgan fingerprint density at radius 3 is 2.65 bits per heavy atom. The quantitative estimate of drug-likeness (QED) is 0.666. The standard InChI is InChI=1S/C20H22N2O4/c1-12-13(2)26-14(3)19(12)20(24)25-11-18(23)21-9-8-15-10-22-17-7-5-4-6-16(15)17/h4-7,10,22H,8-9,11H2,1-3H3,(H,21,23). The fraction of sp³-hybridized carbons (Fsp3) is 0.300. The number of amides is 1. The van der Waals surface area contributed by atoms with E-state index < -0.39 is 5.97 Å². The average molecular weight is 354 g/mol. The highest BCUT2D eigenvalue weighted by molar-refractivity contribution is 5.94. The number of hydrogen-bond donors (Lipinski definition) is 2. The molecule has 0 aliphatic carbocycles. The van der Waals surface area contributed by atoms with Gasteiger partial charge in [0.25, 0.3) is 5.91 Å².